The predicted molar refractivity (Wildman–Crippen MR) is 155 cm³/mol. The first-order chi connectivity index (χ1) is 21.0. The van der Waals surface area contributed by atoms with E-state index in [2.05, 4.69) is 5.32 Å². The highest BCUT2D eigenvalue weighted by atomic mass is 16.5. The number of hydrogen-bond acceptors (Lipinski definition) is 15. The summed E-state index contributed by atoms with van der Waals surface area (Å²) in [5.74, 6) is -12.8. The molecule has 4 rings (SSSR count). The van der Waals surface area contributed by atoms with Crippen molar-refractivity contribution in [3.63, 3.8) is 0 Å². The Balaban J connectivity index is 1.97. The number of rotatable bonds is 8. The second-order valence-electron chi connectivity index (χ2n) is 12.0. The van der Waals surface area contributed by atoms with E-state index in [9.17, 15) is 44.2 Å². The molecule has 16 nitrogen and oxygen atoms in total. The monoisotopic (exact) mass is 627 g/mol. The van der Waals surface area contributed by atoms with Crippen LogP contribution < -0.4 is 28.3 Å². The molecule has 0 spiro atoms. The maximum atomic E-state index is 14.5. The first kappa shape index (κ1) is 33.6. The Hall–Kier alpha value is -4.27. The number of anilines is 1. The zero-order valence-corrected chi connectivity index (χ0v) is 25.2. The SMILES string of the molecule is CCCC(Nc1ccc2c(c1O)C(=O)C1C(=O)[C@]3(C#N)C(=O)C(C(N)=O)C(=O)[C@@H](N(C)C)[C@]3(N)[C@@H](O)[C@]1(N)[C@H]2N)C(=O)OCC. The van der Waals surface area contributed by atoms with Crippen molar-refractivity contribution in [1.82, 2.24) is 4.90 Å². The second kappa shape index (κ2) is 11.3. The van der Waals surface area contributed by atoms with Crippen LogP contribution in [0.3, 0.4) is 0 Å². The van der Waals surface area contributed by atoms with E-state index in [0.29, 0.717) is 12.8 Å². The number of amides is 1. The summed E-state index contributed by atoms with van der Waals surface area (Å²) < 4.78 is 5.09. The topological polar surface area (TPSA) is 295 Å². The molecule has 45 heavy (non-hydrogen) atoms. The van der Waals surface area contributed by atoms with Crippen molar-refractivity contribution < 1.29 is 43.7 Å². The molecular weight excluding hydrogens is 590 g/mol. The molecule has 1 aromatic carbocycles. The average molecular weight is 628 g/mol. The summed E-state index contributed by atoms with van der Waals surface area (Å²) in [6.45, 7) is 3.53. The maximum Gasteiger partial charge on any atom is 0.328 e. The van der Waals surface area contributed by atoms with Gasteiger partial charge in [-0.2, -0.15) is 5.26 Å². The number of likely N-dealkylation sites (N-methyl/N-ethyl adjacent to an activating group) is 1. The lowest BCUT2D eigenvalue weighted by Gasteiger charge is -2.64. The Morgan fingerprint density at radius 1 is 1.16 bits per heavy atom. The van der Waals surface area contributed by atoms with E-state index in [0.717, 1.165) is 4.90 Å². The van der Waals surface area contributed by atoms with Gasteiger partial charge in [-0.3, -0.25) is 28.9 Å². The van der Waals surface area contributed by atoms with Crippen LogP contribution in [-0.2, 0) is 28.7 Å². The fraction of sp³-hybridized carbons (Fsp3) is 0.552. The molecule has 242 valence electrons. The number of phenolic OH excluding ortho intramolecular Hbond substituents is 1. The van der Waals surface area contributed by atoms with Crippen molar-refractivity contribution in [2.45, 2.75) is 62.0 Å². The molecule has 2 saturated carbocycles. The number of carbonyl (C=O) groups is 6. The summed E-state index contributed by atoms with van der Waals surface area (Å²) in [5.41, 5.74) is 16.1. The van der Waals surface area contributed by atoms with E-state index in [1.54, 1.807) is 6.92 Å². The number of nitrogens with one attached hydrogen (secondary N) is 1. The number of carbonyl (C=O) groups excluding carboxylic acids is 6. The molecule has 9 atom stereocenters. The number of ether oxygens (including phenoxy) is 1. The van der Waals surface area contributed by atoms with Gasteiger partial charge in [0.2, 0.25) is 5.91 Å². The number of aliphatic hydroxyl groups excluding tert-OH is 1. The molecule has 0 aromatic heterocycles. The summed E-state index contributed by atoms with van der Waals surface area (Å²) >= 11 is 0. The minimum atomic E-state index is -3.17. The van der Waals surface area contributed by atoms with Crippen LogP contribution in [0.1, 0.15) is 48.7 Å². The first-order valence-electron chi connectivity index (χ1n) is 14.3. The van der Waals surface area contributed by atoms with Crippen molar-refractivity contribution in [2.75, 3.05) is 26.0 Å². The van der Waals surface area contributed by atoms with Crippen LogP contribution in [0.2, 0.25) is 0 Å². The second-order valence-corrected chi connectivity index (χ2v) is 12.0. The number of aliphatic hydroxyl groups is 1. The number of nitriles is 1. The average Bonchev–Trinajstić information content (AvgIpc) is 2.95. The molecule has 0 bridgehead atoms. The molecule has 0 radical (unpaired) electrons. The Labute approximate surface area is 258 Å². The van der Waals surface area contributed by atoms with Crippen LogP contribution in [0.15, 0.2) is 12.1 Å². The van der Waals surface area contributed by atoms with Crippen LogP contribution in [0.4, 0.5) is 5.69 Å². The third-order valence-corrected chi connectivity index (χ3v) is 9.38. The highest BCUT2D eigenvalue weighted by Crippen LogP contribution is 2.58. The summed E-state index contributed by atoms with van der Waals surface area (Å²) in [6.07, 6.45) is -1.52. The van der Waals surface area contributed by atoms with Gasteiger partial charge in [0.05, 0.1) is 53.2 Å². The summed E-state index contributed by atoms with van der Waals surface area (Å²) in [5, 5.41) is 36.6. The smallest absolute Gasteiger partial charge is 0.328 e. The van der Waals surface area contributed by atoms with Crippen LogP contribution in [0.25, 0.3) is 0 Å². The van der Waals surface area contributed by atoms with Crippen molar-refractivity contribution in [3.8, 4) is 11.8 Å². The van der Waals surface area contributed by atoms with E-state index < -0.39 is 98.9 Å². The van der Waals surface area contributed by atoms with Gasteiger partial charge < -0.3 is 43.2 Å². The van der Waals surface area contributed by atoms with Crippen molar-refractivity contribution in [2.24, 2.45) is 40.2 Å². The number of primary amides is 1. The largest absolute Gasteiger partial charge is 0.505 e. The van der Waals surface area contributed by atoms with Gasteiger partial charge in [0.25, 0.3) is 0 Å². The number of fused-ring (bicyclic) bond motifs is 3. The predicted octanol–water partition coefficient (Wildman–Crippen LogP) is -2.62. The molecule has 3 unspecified atom stereocenters. The molecule has 2 fully saturated rings. The molecule has 0 heterocycles. The van der Waals surface area contributed by atoms with Crippen molar-refractivity contribution in [3.05, 3.63) is 23.3 Å². The van der Waals surface area contributed by atoms with Gasteiger partial charge in [0.15, 0.2) is 34.5 Å². The number of hydrogen-bond donors (Lipinski definition) is 7. The van der Waals surface area contributed by atoms with Gasteiger partial charge in [-0.05, 0) is 39.1 Å². The minimum Gasteiger partial charge on any atom is -0.505 e. The number of ketones is 4. The van der Waals surface area contributed by atoms with Gasteiger partial charge in [0, 0.05) is 0 Å². The number of nitrogens with zero attached hydrogens (tertiary/aromatic N) is 2. The summed E-state index contributed by atoms with van der Waals surface area (Å²) in [6, 6.07) is -0.249. The maximum absolute atomic E-state index is 14.5. The number of aromatic hydroxyl groups is 1. The van der Waals surface area contributed by atoms with Gasteiger partial charge in [0.1, 0.15) is 17.7 Å². The Morgan fingerprint density at radius 2 is 1.78 bits per heavy atom. The van der Waals surface area contributed by atoms with E-state index in [-0.39, 0.29) is 17.9 Å². The lowest BCUT2D eigenvalue weighted by Crippen LogP contribution is -2.92. The van der Waals surface area contributed by atoms with Gasteiger partial charge in [-0.15, -0.1) is 0 Å². The van der Waals surface area contributed by atoms with E-state index >= 15 is 0 Å². The molecule has 11 N–H and O–H groups in total. The summed E-state index contributed by atoms with van der Waals surface area (Å²) in [7, 11) is 2.60. The molecule has 3 aliphatic rings. The molecular formula is C29H37N7O9. The van der Waals surface area contributed by atoms with E-state index in [4.69, 9.17) is 27.7 Å². The van der Waals surface area contributed by atoms with Gasteiger partial charge in [-0.1, -0.05) is 19.4 Å². The van der Waals surface area contributed by atoms with Crippen molar-refractivity contribution in [1.29, 1.82) is 5.26 Å². The standard InChI is InChI=1S/C29H37N7O9/c1-5-7-13(25(43)45-6-2)35-12-9-8-11-14(17(12)37)18(38)16-23(41)27(10-30)22(40)15(24(32)42)19(39)21(36(3)4)29(27,34)26(44)28(16,33)20(11)31/h8-9,13,15-16,20-21,26,35,37,44H,5-7,31,33-34H2,1-4H3,(H2,32,42)/t13?,15?,16?,20-,21+,26-,27-,28+,29-/m0/s1. The molecule has 0 aliphatic heterocycles. The Kier molecular flexibility index (Phi) is 8.42. The van der Waals surface area contributed by atoms with Gasteiger partial charge in [-0.25, -0.2) is 4.79 Å². The number of phenols is 1. The third kappa shape index (κ3) is 4.15. The Morgan fingerprint density at radius 3 is 2.29 bits per heavy atom. The van der Waals surface area contributed by atoms with Gasteiger partial charge >= 0.3 is 5.97 Å². The van der Waals surface area contributed by atoms with Crippen LogP contribution in [0, 0.1) is 28.6 Å². The number of esters is 1. The fourth-order valence-electron chi connectivity index (χ4n) is 7.34. The highest BCUT2D eigenvalue weighted by Gasteiger charge is 2.83. The van der Waals surface area contributed by atoms with E-state index in [1.165, 1.54) is 32.3 Å². The number of nitrogens with two attached hydrogens (primary N) is 4. The number of Topliss-reactive ketones (excluding diaryl/α,β-unsaturated/α-hetero) is 4. The molecule has 16 heteroatoms. The minimum absolute atomic E-state index is 0.0911. The normalized spacial score (nSPS) is 34.7. The van der Waals surface area contributed by atoms with Crippen LogP contribution >= 0.6 is 0 Å². The zero-order valence-electron chi connectivity index (χ0n) is 25.2. The lowest BCUT2D eigenvalue weighted by molar-refractivity contribution is -0.181. The quantitative estimate of drug-likeness (QED) is 0.0881. The Bertz CT molecular complexity index is 1560. The van der Waals surface area contributed by atoms with E-state index in [1.807, 2.05) is 6.92 Å². The summed E-state index contributed by atoms with van der Waals surface area (Å²) in [4.78, 5) is 82.1. The van der Waals surface area contributed by atoms with Crippen LogP contribution in [0.5, 0.6) is 5.75 Å². The fourth-order valence-corrected chi connectivity index (χ4v) is 7.34. The van der Waals surface area contributed by atoms with Crippen LogP contribution in [-0.4, -0.2) is 100 Å². The molecule has 3 aliphatic carbocycles. The zero-order chi connectivity index (χ0) is 34.0. The first-order valence-corrected chi connectivity index (χ1v) is 14.3. The number of benzene rings is 1. The molecule has 0 saturated heterocycles. The third-order valence-electron chi connectivity index (χ3n) is 9.38. The molecule has 1 aromatic rings. The lowest BCUT2D eigenvalue weighted by atomic mass is 9.41. The molecule has 1 amide bonds. The highest BCUT2D eigenvalue weighted by molar-refractivity contribution is 6.33. The van der Waals surface area contributed by atoms with Crippen molar-refractivity contribution >= 4 is 40.7 Å².